The van der Waals surface area contributed by atoms with Gasteiger partial charge in [0.25, 0.3) is 0 Å². The van der Waals surface area contributed by atoms with Gasteiger partial charge in [-0.3, -0.25) is 4.79 Å². The number of anilines is 1. The highest BCUT2D eigenvalue weighted by Gasteiger charge is 2.19. The molecule has 0 atom stereocenters. The van der Waals surface area contributed by atoms with Crippen LogP contribution in [0.3, 0.4) is 0 Å². The van der Waals surface area contributed by atoms with Crippen molar-refractivity contribution in [2.75, 3.05) is 11.1 Å². The number of amides is 1. The Labute approximate surface area is 111 Å². The molecule has 0 spiro atoms. The number of carbonyl (C=O) groups excluding carboxylic acids is 1. The van der Waals surface area contributed by atoms with E-state index in [1.165, 1.54) is 0 Å². The topological polar surface area (TPSA) is 89.0 Å². The number of hydrogen-bond donors (Lipinski definition) is 1. The van der Waals surface area contributed by atoms with Crippen LogP contribution in [0.1, 0.15) is 39.5 Å². The second-order valence-corrected chi connectivity index (χ2v) is 7.10. The third kappa shape index (κ3) is 4.34. The van der Waals surface area contributed by atoms with Crippen LogP contribution in [0.2, 0.25) is 0 Å². The minimum atomic E-state index is -3.35. The molecule has 1 aromatic heterocycles. The molecule has 0 unspecified atom stereocenters. The summed E-state index contributed by atoms with van der Waals surface area (Å²) in [5, 5.41) is 10.1. The molecule has 0 aliphatic rings. The molecule has 0 aliphatic heterocycles. The number of nitrogens with one attached hydrogen (secondary N) is 1. The van der Waals surface area contributed by atoms with Gasteiger partial charge in [-0.25, -0.2) is 8.42 Å². The summed E-state index contributed by atoms with van der Waals surface area (Å²) in [5.41, 5.74) is 0. The summed E-state index contributed by atoms with van der Waals surface area (Å²) in [4.78, 5) is 11.4. The number of nitrogens with zero attached hydrogens (tertiary/aromatic N) is 2. The van der Waals surface area contributed by atoms with Crippen LogP contribution < -0.4 is 5.32 Å². The monoisotopic (exact) mass is 291 g/mol. The first-order valence-electron chi connectivity index (χ1n) is 5.85. The second kappa shape index (κ2) is 6.79. The number of unbranched alkanes of at least 4 members (excludes halogenated alkanes) is 1. The van der Waals surface area contributed by atoms with Crippen molar-refractivity contribution < 1.29 is 13.2 Å². The molecule has 0 fully saturated rings. The van der Waals surface area contributed by atoms with Gasteiger partial charge in [-0.1, -0.05) is 31.6 Å². The molecule has 1 rings (SSSR count). The van der Waals surface area contributed by atoms with E-state index in [1.807, 2.05) is 6.92 Å². The van der Waals surface area contributed by atoms with Gasteiger partial charge in [-0.2, -0.15) is 0 Å². The van der Waals surface area contributed by atoms with E-state index in [0.717, 1.165) is 24.2 Å². The zero-order chi connectivity index (χ0) is 13.6. The van der Waals surface area contributed by atoms with Crippen molar-refractivity contribution >= 4 is 32.2 Å². The largest absolute Gasteiger partial charge is 0.301 e. The number of hydrogen-bond acceptors (Lipinski definition) is 6. The molecule has 1 amide bonds. The summed E-state index contributed by atoms with van der Waals surface area (Å²) < 4.78 is 23.4. The van der Waals surface area contributed by atoms with Crippen molar-refractivity contribution in [1.29, 1.82) is 0 Å². The highest BCUT2D eigenvalue weighted by atomic mass is 32.2. The average Bonchev–Trinajstić information content (AvgIpc) is 2.75. The highest BCUT2D eigenvalue weighted by Crippen LogP contribution is 2.21. The molecule has 0 radical (unpaired) electrons. The number of aromatic nitrogens is 2. The Morgan fingerprint density at radius 1 is 1.28 bits per heavy atom. The van der Waals surface area contributed by atoms with Gasteiger partial charge in [-0.15, -0.1) is 10.2 Å². The van der Waals surface area contributed by atoms with Gasteiger partial charge in [0.15, 0.2) is 0 Å². The molecule has 0 bridgehead atoms. The van der Waals surface area contributed by atoms with E-state index in [4.69, 9.17) is 0 Å². The highest BCUT2D eigenvalue weighted by molar-refractivity contribution is 7.93. The molecule has 102 valence electrons. The van der Waals surface area contributed by atoms with Crippen molar-refractivity contribution in [2.45, 2.75) is 43.9 Å². The first-order valence-corrected chi connectivity index (χ1v) is 8.32. The van der Waals surface area contributed by atoms with Crippen molar-refractivity contribution in [3.05, 3.63) is 0 Å². The molecule has 0 saturated heterocycles. The Morgan fingerprint density at radius 3 is 2.61 bits per heavy atom. The lowest BCUT2D eigenvalue weighted by molar-refractivity contribution is -0.116. The van der Waals surface area contributed by atoms with Gasteiger partial charge >= 0.3 is 0 Å². The van der Waals surface area contributed by atoms with Crippen molar-refractivity contribution in [2.24, 2.45) is 0 Å². The second-order valence-electron chi connectivity index (χ2n) is 3.84. The Balaban J connectivity index is 2.66. The minimum Gasteiger partial charge on any atom is -0.301 e. The lowest BCUT2D eigenvalue weighted by atomic mass is 10.2. The Hall–Kier alpha value is -1.02. The smallest absolute Gasteiger partial charge is 0.234 e. The fourth-order valence-electron chi connectivity index (χ4n) is 1.26. The van der Waals surface area contributed by atoms with Crippen LogP contribution in [-0.4, -0.2) is 30.3 Å². The molecular formula is C10H17N3O3S2. The van der Waals surface area contributed by atoms with E-state index >= 15 is 0 Å². The molecule has 8 heteroatoms. The Morgan fingerprint density at radius 2 is 2.00 bits per heavy atom. The van der Waals surface area contributed by atoms with Crippen LogP contribution in [0.5, 0.6) is 0 Å². The van der Waals surface area contributed by atoms with Gasteiger partial charge < -0.3 is 5.32 Å². The van der Waals surface area contributed by atoms with Crippen LogP contribution in [-0.2, 0) is 14.6 Å². The van der Waals surface area contributed by atoms with E-state index in [1.54, 1.807) is 6.92 Å². The molecule has 18 heavy (non-hydrogen) atoms. The summed E-state index contributed by atoms with van der Waals surface area (Å²) in [5.74, 6) is -0.113. The molecule has 0 saturated carbocycles. The van der Waals surface area contributed by atoms with E-state index in [0.29, 0.717) is 12.8 Å². The van der Waals surface area contributed by atoms with Gasteiger partial charge in [0.05, 0.1) is 5.75 Å². The fourth-order valence-corrected chi connectivity index (χ4v) is 3.63. The van der Waals surface area contributed by atoms with Crippen LogP contribution in [0, 0.1) is 0 Å². The first-order chi connectivity index (χ1) is 8.49. The predicted molar refractivity (Wildman–Crippen MR) is 70.4 cm³/mol. The molecule has 0 aliphatic carbocycles. The van der Waals surface area contributed by atoms with E-state index in [2.05, 4.69) is 15.5 Å². The van der Waals surface area contributed by atoms with Gasteiger partial charge in [0.1, 0.15) is 0 Å². The SMILES string of the molecule is CCCCC(=O)Nc1nnc(S(=O)(=O)CCC)s1. The normalized spacial score (nSPS) is 11.4. The summed E-state index contributed by atoms with van der Waals surface area (Å²) in [6.07, 6.45) is 2.67. The third-order valence-corrected chi connectivity index (χ3v) is 5.35. The molecule has 0 aromatic carbocycles. The maximum atomic E-state index is 11.7. The van der Waals surface area contributed by atoms with Gasteiger partial charge in [0, 0.05) is 6.42 Å². The molecular weight excluding hydrogens is 274 g/mol. The van der Waals surface area contributed by atoms with E-state index in [-0.39, 0.29) is 21.1 Å². The van der Waals surface area contributed by atoms with Crippen molar-refractivity contribution in [3.63, 3.8) is 0 Å². The third-order valence-electron chi connectivity index (χ3n) is 2.15. The Kier molecular flexibility index (Phi) is 5.67. The zero-order valence-electron chi connectivity index (χ0n) is 10.5. The minimum absolute atomic E-state index is 0.0323. The van der Waals surface area contributed by atoms with Gasteiger partial charge in [0.2, 0.25) is 25.2 Å². The molecule has 1 heterocycles. The predicted octanol–water partition coefficient (Wildman–Crippen LogP) is 1.85. The average molecular weight is 291 g/mol. The van der Waals surface area contributed by atoms with Gasteiger partial charge in [-0.05, 0) is 12.8 Å². The van der Waals surface area contributed by atoms with Crippen LogP contribution in [0.4, 0.5) is 5.13 Å². The molecule has 1 aromatic rings. The number of rotatable bonds is 7. The lowest BCUT2D eigenvalue weighted by Gasteiger charge is -1.98. The van der Waals surface area contributed by atoms with Crippen molar-refractivity contribution in [1.82, 2.24) is 10.2 Å². The summed E-state index contributed by atoms with van der Waals surface area (Å²) in [6.45, 7) is 3.78. The number of sulfone groups is 1. The quantitative estimate of drug-likeness (QED) is 0.774. The maximum Gasteiger partial charge on any atom is 0.234 e. The van der Waals surface area contributed by atoms with Crippen LogP contribution in [0.15, 0.2) is 4.34 Å². The molecule has 1 N–H and O–H groups in total. The van der Waals surface area contributed by atoms with Crippen LogP contribution >= 0.6 is 11.3 Å². The summed E-state index contributed by atoms with van der Waals surface area (Å²) >= 11 is 0.899. The first kappa shape index (κ1) is 15.0. The fraction of sp³-hybridized carbons (Fsp3) is 0.700. The lowest BCUT2D eigenvalue weighted by Crippen LogP contribution is -2.10. The van der Waals surface area contributed by atoms with E-state index < -0.39 is 9.84 Å². The molecule has 6 nitrogen and oxygen atoms in total. The standard InChI is InChI=1S/C10H17N3O3S2/c1-3-5-6-8(14)11-9-12-13-10(17-9)18(15,16)7-4-2/h3-7H2,1-2H3,(H,11,12,14). The summed E-state index contributed by atoms with van der Waals surface area (Å²) in [7, 11) is -3.35. The Bertz CT molecular complexity index is 496. The van der Waals surface area contributed by atoms with E-state index in [9.17, 15) is 13.2 Å². The number of carbonyl (C=O) groups is 1. The summed E-state index contributed by atoms with van der Waals surface area (Å²) in [6, 6.07) is 0. The maximum absolute atomic E-state index is 11.7. The van der Waals surface area contributed by atoms with Crippen molar-refractivity contribution in [3.8, 4) is 0 Å². The van der Waals surface area contributed by atoms with Crippen LogP contribution in [0.25, 0.3) is 0 Å². The zero-order valence-corrected chi connectivity index (χ0v) is 12.1.